The zero-order valence-corrected chi connectivity index (χ0v) is 17.6. The summed E-state index contributed by atoms with van der Waals surface area (Å²) in [4.78, 5) is 0. The second-order valence-electron chi connectivity index (χ2n) is 7.23. The lowest BCUT2D eigenvalue weighted by atomic mass is 9.87. The number of aliphatic hydroxyl groups excluding tert-OH is 3. The minimum Gasteiger partial charge on any atom is -0.494 e. The van der Waals surface area contributed by atoms with Crippen LogP contribution in [-0.2, 0) is 21.7 Å². The molecule has 4 N–H and O–H groups in total. The molecule has 1 fully saturated rings. The first-order chi connectivity index (χ1) is 14.3. The molecular weight excluding hydrogens is 412 g/mol. The Hall–Kier alpha value is -1.71. The predicted octanol–water partition coefficient (Wildman–Crippen LogP) is 1.60. The third-order valence-corrected chi connectivity index (χ3v) is 5.65. The first-order valence-corrected chi connectivity index (χ1v) is 10.1. The van der Waals surface area contributed by atoms with E-state index in [0.29, 0.717) is 23.6 Å². The van der Waals surface area contributed by atoms with Gasteiger partial charge < -0.3 is 34.6 Å². The molecule has 0 spiro atoms. The van der Waals surface area contributed by atoms with E-state index in [1.54, 1.807) is 18.2 Å². The highest BCUT2D eigenvalue weighted by Crippen LogP contribution is 2.39. The van der Waals surface area contributed by atoms with Gasteiger partial charge in [0, 0.05) is 17.7 Å². The smallest absolute Gasteiger partial charge is 0.222 e. The third kappa shape index (κ3) is 4.48. The van der Waals surface area contributed by atoms with E-state index >= 15 is 0 Å². The number of aliphatic hydroxyl groups is 4. The van der Waals surface area contributed by atoms with Crippen molar-refractivity contribution in [1.82, 2.24) is 0 Å². The molecule has 7 nitrogen and oxygen atoms in total. The minimum absolute atomic E-state index is 0.295. The van der Waals surface area contributed by atoms with E-state index < -0.39 is 36.8 Å². The van der Waals surface area contributed by atoms with Crippen LogP contribution in [0, 0.1) is 0 Å². The van der Waals surface area contributed by atoms with Crippen molar-refractivity contribution in [3.8, 4) is 5.75 Å². The van der Waals surface area contributed by atoms with Gasteiger partial charge in [0.15, 0.2) is 0 Å². The summed E-state index contributed by atoms with van der Waals surface area (Å²) in [6.07, 6.45) is -4.83. The molecular formula is C22H27ClO7. The van der Waals surface area contributed by atoms with Crippen molar-refractivity contribution in [3.63, 3.8) is 0 Å². The molecule has 0 amide bonds. The van der Waals surface area contributed by atoms with Gasteiger partial charge in [-0.05, 0) is 48.7 Å². The average molecular weight is 439 g/mol. The second kappa shape index (κ2) is 9.62. The molecule has 5 atom stereocenters. The molecule has 0 unspecified atom stereocenters. The fourth-order valence-electron chi connectivity index (χ4n) is 3.70. The zero-order valence-electron chi connectivity index (χ0n) is 16.9. The van der Waals surface area contributed by atoms with Gasteiger partial charge in [-0.25, -0.2) is 0 Å². The van der Waals surface area contributed by atoms with Gasteiger partial charge in [-0.15, -0.1) is 0 Å². The first-order valence-electron chi connectivity index (χ1n) is 9.74. The number of benzene rings is 2. The highest BCUT2D eigenvalue weighted by Gasteiger charge is 2.54. The fourth-order valence-corrected chi connectivity index (χ4v) is 3.88. The van der Waals surface area contributed by atoms with E-state index in [4.69, 9.17) is 25.8 Å². The lowest BCUT2D eigenvalue weighted by molar-refractivity contribution is -0.361. The number of hydrogen-bond acceptors (Lipinski definition) is 7. The Balaban J connectivity index is 1.92. The summed E-state index contributed by atoms with van der Waals surface area (Å²) < 4.78 is 16.3. The topological polar surface area (TPSA) is 109 Å². The number of rotatable bonds is 7. The minimum atomic E-state index is -2.08. The largest absolute Gasteiger partial charge is 0.494 e. The Morgan fingerprint density at radius 3 is 2.40 bits per heavy atom. The molecule has 2 aromatic rings. The Bertz CT molecular complexity index is 844. The molecule has 1 aliphatic rings. The van der Waals surface area contributed by atoms with Gasteiger partial charge in [0.05, 0.1) is 13.2 Å². The normalized spacial score (nSPS) is 29.0. The lowest BCUT2D eigenvalue weighted by Crippen LogP contribution is -2.64. The van der Waals surface area contributed by atoms with Crippen molar-refractivity contribution in [2.75, 3.05) is 20.3 Å². The summed E-state index contributed by atoms with van der Waals surface area (Å²) in [5.41, 5.74) is 2.01. The number of methoxy groups -OCH3 is 1. The van der Waals surface area contributed by atoms with Crippen LogP contribution in [0.5, 0.6) is 5.75 Å². The summed E-state index contributed by atoms with van der Waals surface area (Å²) in [6, 6.07) is 12.5. The second-order valence-corrected chi connectivity index (χ2v) is 7.64. The molecule has 0 bridgehead atoms. The van der Waals surface area contributed by atoms with E-state index in [1.807, 2.05) is 31.2 Å². The molecule has 1 aliphatic heterocycles. The van der Waals surface area contributed by atoms with Crippen LogP contribution in [0.3, 0.4) is 0 Å². The van der Waals surface area contributed by atoms with Crippen molar-refractivity contribution in [3.05, 3.63) is 64.2 Å². The maximum Gasteiger partial charge on any atom is 0.222 e. The Kier molecular flexibility index (Phi) is 7.36. The molecule has 2 aromatic carbocycles. The van der Waals surface area contributed by atoms with Crippen LogP contribution in [0.15, 0.2) is 42.5 Å². The molecule has 0 aromatic heterocycles. The highest BCUT2D eigenvalue weighted by molar-refractivity contribution is 6.31. The van der Waals surface area contributed by atoms with Crippen molar-refractivity contribution in [2.45, 2.75) is 43.5 Å². The summed E-state index contributed by atoms with van der Waals surface area (Å²) in [6.45, 7) is 1.92. The Labute approximate surface area is 180 Å². The molecule has 30 heavy (non-hydrogen) atoms. The first kappa shape index (κ1) is 23.0. The van der Waals surface area contributed by atoms with Crippen LogP contribution in [0.2, 0.25) is 5.02 Å². The predicted molar refractivity (Wildman–Crippen MR) is 111 cm³/mol. The standard InChI is InChI=1S/C22H27ClO7/c1-3-29-16-7-4-13(5-8-16)10-14-11-15(6-9-17(14)23)22(27)21(28-2)20(26)19(25)18(12-24)30-22/h4-9,11,18-21,24-27H,3,10,12H2,1-2H3/t18-,19-,20+,21-,22+/m1/s1. The van der Waals surface area contributed by atoms with Gasteiger partial charge in [0.1, 0.15) is 30.2 Å². The molecule has 3 rings (SSSR count). The quantitative estimate of drug-likeness (QED) is 0.520. The molecule has 0 aliphatic carbocycles. The molecule has 1 heterocycles. The molecule has 0 saturated carbocycles. The summed E-state index contributed by atoms with van der Waals surface area (Å²) in [5.74, 6) is -1.31. The van der Waals surface area contributed by atoms with Crippen LogP contribution in [0.1, 0.15) is 23.6 Å². The Morgan fingerprint density at radius 1 is 1.10 bits per heavy atom. The van der Waals surface area contributed by atoms with Gasteiger partial charge in [-0.3, -0.25) is 0 Å². The summed E-state index contributed by atoms with van der Waals surface area (Å²) in [5, 5.41) is 41.8. The average Bonchev–Trinajstić information content (AvgIpc) is 2.74. The SMILES string of the molecule is CCOc1ccc(Cc2cc([C@]3(O)O[C@H](CO)[C@@H](O)[C@H](O)[C@H]3OC)ccc2Cl)cc1. The maximum atomic E-state index is 11.3. The van der Waals surface area contributed by atoms with E-state index in [0.717, 1.165) is 16.9 Å². The molecule has 1 saturated heterocycles. The van der Waals surface area contributed by atoms with Gasteiger partial charge in [0.2, 0.25) is 5.79 Å². The van der Waals surface area contributed by atoms with E-state index in [-0.39, 0.29) is 0 Å². The van der Waals surface area contributed by atoms with Crippen LogP contribution in [-0.4, -0.2) is 65.2 Å². The van der Waals surface area contributed by atoms with Gasteiger partial charge in [0.25, 0.3) is 0 Å². The molecule has 0 radical (unpaired) electrons. The van der Waals surface area contributed by atoms with E-state index in [1.165, 1.54) is 7.11 Å². The monoisotopic (exact) mass is 438 g/mol. The van der Waals surface area contributed by atoms with Crippen molar-refractivity contribution in [2.24, 2.45) is 0 Å². The summed E-state index contributed by atoms with van der Waals surface area (Å²) >= 11 is 6.38. The van der Waals surface area contributed by atoms with Crippen molar-refractivity contribution < 1.29 is 34.6 Å². The van der Waals surface area contributed by atoms with Crippen LogP contribution in [0.4, 0.5) is 0 Å². The summed E-state index contributed by atoms with van der Waals surface area (Å²) in [7, 11) is 1.30. The fraction of sp³-hybridized carbons (Fsp3) is 0.455. The number of ether oxygens (including phenoxy) is 3. The van der Waals surface area contributed by atoms with E-state index in [9.17, 15) is 20.4 Å². The van der Waals surface area contributed by atoms with Crippen LogP contribution in [0.25, 0.3) is 0 Å². The van der Waals surface area contributed by atoms with Gasteiger partial charge in [-0.2, -0.15) is 0 Å². The molecule has 164 valence electrons. The van der Waals surface area contributed by atoms with Crippen LogP contribution < -0.4 is 4.74 Å². The van der Waals surface area contributed by atoms with Gasteiger partial charge >= 0.3 is 0 Å². The Morgan fingerprint density at radius 2 is 1.80 bits per heavy atom. The van der Waals surface area contributed by atoms with Crippen molar-refractivity contribution >= 4 is 11.6 Å². The number of halogens is 1. The van der Waals surface area contributed by atoms with Crippen LogP contribution >= 0.6 is 11.6 Å². The van der Waals surface area contributed by atoms with Gasteiger partial charge in [-0.1, -0.05) is 29.8 Å². The maximum absolute atomic E-state index is 11.3. The lowest BCUT2D eigenvalue weighted by Gasteiger charge is -2.47. The molecule has 8 heteroatoms. The van der Waals surface area contributed by atoms with E-state index in [2.05, 4.69) is 0 Å². The number of hydrogen-bond donors (Lipinski definition) is 4. The highest BCUT2D eigenvalue weighted by atomic mass is 35.5. The zero-order chi connectivity index (χ0) is 21.9. The van der Waals surface area contributed by atoms with Crippen molar-refractivity contribution in [1.29, 1.82) is 0 Å². The third-order valence-electron chi connectivity index (χ3n) is 5.28.